The molecule has 3 aliphatic carbocycles. The van der Waals surface area contributed by atoms with E-state index in [1.165, 1.54) is 4.52 Å². The van der Waals surface area contributed by atoms with Crippen LogP contribution in [0.5, 0.6) is 0 Å². The van der Waals surface area contributed by atoms with E-state index in [4.69, 9.17) is 9.61 Å². The van der Waals surface area contributed by atoms with E-state index >= 15 is 0 Å². The van der Waals surface area contributed by atoms with Crippen LogP contribution in [-0.2, 0) is 4.79 Å². The van der Waals surface area contributed by atoms with Crippen molar-refractivity contribution >= 4 is 17.5 Å². The van der Waals surface area contributed by atoms with Crippen LogP contribution in [0, 0.1) is 11.8 Å². The highest BCUT2D eigenvalue weighted by Crippen LogP contribution is 2.44. The van der Waals surface area contributed by atoms with E-state index in [0.29, 0.717) is 29.0 Å². The molecule has 2 N–H and O–H groups in total. The first-order valence-corrected chi connectivity index (χ1v) is 14.5. The van der Waals surface area contributed by atoms with Gasteiger partial charge in [0.2, 0.25) is 17.8 Å². The van der Waals surface area contributed by atoms with Crippen LogP contribution < -0.4 is 10.6 Å². The monoisotopic (exact) mass is 591 g/mol. The number of imidazole rings is 1. The first-order valence-electron chi connectivity index (χ1n) is 14.5. The zero-order valence-corrected chi connectivity index (χ0v) is 23.2. The van der Waals surface area contributed by atoms with Gasteiger partial charge in [0.1, 0.15) is 5.69 Å². The van der Waals surface area contributed by atoms with Crippen LogP contribution in [-0.4, -0.2) is 48.6 Å². The number of hydrogen-bond donors (Lipinski definition) is 2. The van der Waals surface area contributed by atoms with E-state index in [-0.39, 0.29) is 74.3 Å². The van der Waals surface area contributed by atoms with Gasteiger partial charge in [-0.25, -0.2) is 31.7 Å². The summed E-state index contributed by atoms with van der Waals surface area (Å²) in [5, 5.41) is 18.0. The molecule has 3 fully saturated rings. The van der Waals surface area contributed by atoms with Crippen LogP contribution in [0.25, 0.3) is 5.65 Å². The molecule has 14 heteroatoms. The number of aromatic nitrogens is 5. The van der Waals surface area contributed by atoms with Crippen LogP contribution >= 0.6 is 0 Å². The number of carbonyl (C=O) groups excluding carboxylic acids is 2. The molecule has 0 saturated heterocycles. The number of rotatable bonds is 10. The predicted octanol–water partition coefficient (Wildman–Crippen LogP) is 5.29. The standard InChI is InChI=1S/C28H33F4N7O3/c1-2-19(35-22(40)9-15-11-28(31,32)12-15)18-10-21-34-20(14-39(21)33-13-18)23(17-5-7-27(29,30)8-6-17)36-26(41)25-24(16-3-4-16)37-42-38-25/h10,13-17,19,23H,2-9,11-12H2,1H3,(H,35,40)(H,36,41)/t19-,23-/m0/s1. The molecule has 42 heavy (non-hydrogen) atoms. The molecule has 0 spiro atoms. The molecular weight excluding hydrogens is 558 g/mol. The van der Waals surface area contributed by atoms with Gasteiger partial charge in [-0.2, -0.15) is 5.10 Å². The van der Waals surface area contributed by atoms with Gasteiger partial charge in [-0.15, -0.1) is 0 Å². The van der Waals surface area contributed by atoms with Gasteiger partial charge >= 0.3 is 0 Å². The summed E-state index contributed by atoms with van der Waals surface area (Å²) in [6, 6.07) is 0.695. The number of nitrogens with one attached hydrogen (secondary N) is 2. The van der Waals surface area contributed by atoms with Crippen molar-refractivity contribution in [1.82, 2.24) is 35.5 Å². The van der Waals surface area contributed by atoms with Crippen molar-refractivity contribution in [3.8, 4) is 0 Å². The van der Waals surface area contributed by atoms with Gasteiger partial charge in [0.15, 0.2) is 11.3 Å². The second-order valence-corrected chi connectivity index (χ2v) is 12.0. The van der Waals surface area contributed by atoms with Gasteiger partial charge in [-0.05, 0) is 60.7 Å². The number of amides is 2. The van der Waals surface area contributed by atoms with Crippen LogP contribution in [0.15, 0.2) is 23.1 Å². The number of fused-ring (bicyclic) bond motifs is 1. The molecule has 0 bridgehead atoms. The predicted molar refractivity (Wildman–Crippen MR) is 140 cm³/mol. The fraction of sp³-hybridized carbons (Fsp3) is 0.643. The molecule has 0 unspecified atom stereocenters. The minimum absolute atomic E-state index is 0.0423. The van der Waals surface area contributed by atoms with Crippen molar-refractivity contribution < 1.29 is 31.8 Å². The Kier molecular flexibility index (Phi) is 7.42. The number of alkyl halides is 4. The minimum Gasteiger partial charge on any atom is -0.349 e. The lowest BCUT2D eigenvalue weighted by atomic mass is 9.79. The van der Waals surface area contributed by atoms with Gasteiger partial charge in [0.25, 0.3) is 5.91 Å². The Bertz CT molecular complexity index is 1450. The summed E-state index contributed by atoms with van der Waals surface area (Å²) in [5.74, 6) is -6.70. The molecule has 10 nitrogen and oxygen atoms in total. The molecule has 6 rings (SSSR count). The lowest BCUT2D eigenvalue weighted by Gasteiger charge is -2.34. The van der Waals surface area contributed by atoms with Gasteiger partial charge < -0.3 is 10.6 Å². The molecule has 3 aromatic heterocycles. The number of nitrogens with zero attached hydrogens (tertiary/aromatic N) is 5. The van der Waals surface area contributed by atoms with Crippen LogP contribution in [0.3, 0.4) is 0 Å². The van der Waals surface area contributed by atoms with Gasteiger partial charge in [-0.1, -0.05) is 12.1 Å². The molecule has 0 aromatic carbocycles. The minimum atomic E-state index is -2.74. The molecule has 3 aliphatic rings. The van der Waals surface area contributed by atoms with Crippen molar-refractivity contribution in [2.24, 2.45) is 11.8 Å². The van der Waals surface area contributed by atoms with Crippen LogP contribution in [0.1, 0.15) is 117 Å². The SMILES string of the molecule is CC[C@H](NC(=O)CC1CC(F)(F)C1)c1cnn2cc([C@@H](NC(=O)c3nonc3C3CC3)C3CCC(F)(F)CC3)nc2c1. The average molecular weight is 592 g/mol. The second-order valence-electron chi connectivity index (χ2n) is 12.0. The fourth-order valence-electron chi connectivity index (χ4n) is 6.13. The highest BCUT2D eigenvalue weighted by molar-refractivity contribution is 5.93. The topological polar surface area (TPSA) is 127 Å². The molecule has 226 valence electrons. The Morgan fingerprint density at radius 3 is 2.48 bits per heavy atom. The molecule has 0 aliphatic heterocycles. The maximum Gasteiger partial charge on any atom is 0.276 e. The Balaban J connectivity index is 1.21. The van der Waals surface area contributed by atoms with E-state index in [1.807, 2.05) is 6.92 Å². The maximum absolute atomic E-state index is 14.0. The smallest absolute Gasteiger partial charge is 0.276 e. The summed E-state index contributed by atoms with van der Waals surface area (Å²) in [4.78, 5) is 30.6. The average Bonchev–Trinajstić information content (AvgIpc) is 3.48. The Morgan fingerprint density at radius 1 is 1.07 bits per heavy atom. The summed E-state index contributed by atoms with van der Waals surface area (Å²) in [6.45, 7) is 1.89. The zero-order chi connectivity index (χ0) is 29.6. The lowest BCUT2D eigenvalue weighted by Crippen LogP contribution is -2.39. The third kappa shape index (κ3) is 6.12. The summed E-state index contributed by atoms with van der Waals surface area (Å²) in [6.07, 6.45) is 4.93. The number of halogens is 4. The summed E-state index contributed by atoms with van der Waals surface area (Å²) >= 11 is 0. The third-order valence-corrected chi connectivity index (χ3v) is 8.69. The Labute approximate surface area is 239 Å². The van der Waals surface area contributed by atoms with Crippen molar-refractivity contribution in [1.29, 1.82) is 0 Å². The molecular formula is C28H33F4N7O3. The van der Waals surface area contributed by atoms with E-state index in [0.717, 1.165) is 12.8 Å². The lowest BCUT2D eigenvalue weighted by molar-refractivity contribution is -0.134. The molecule has 2 amide bonds. The molecule has 0 radical (unpaired) electrons. The Hall–Kier alpha value is -3.58. The van der Waals surface area contributed by atoms with E-state index in [2.05, 4.69) is 26.0 Å². The summed E-state index contributed by atoms with van der Waals surface area (Å²) < 4.78 is 60.7. The number of hydrogen-bond acceptors (Lipinski definition) is 7. The summed E-state index contributed by atoms with van der Waals surface area (Å²) in [7, 11) is 0. The highest BCUT2D eigenvalue weighted by Gasteiger charge is 2.46. The third-order valence-electron chi connectivity index (χ3n) is 8.69. The van der Waals surface area contributed by atoms with Crippen molar-refractivity contribution in [2.45, 2.75) is 101 Å². The van der Waals surface area contributed by atoms with Gasteiger partial charge in [0.05, 0.1) is 30.2 Å². The first-order chi connectivity index (χ1) is 20.0. The highest BCUT2D eigenvalue weighted by atomic mass is 19.3. The quantitative estimate of drug-likeness (QED) is 0.307. The first kappa shape index (κ1) is 28.5. The van der Waals surface area contributed by atoms with E-state index in [9.17, 15) is 27.2 Å². The van der Waals surface area contributed by atoms with Crippen molar-refractivity contribution in [3.05, 3.63) is 41.1 Å². The zero-order valence-electron chi connectivity index (χ0n) is 23.2. The van der Waals surface area contributed by atoms with Gasteiger partial charge in [-0.3, -0.25) is 9.59 Å². The van der Waals surface area contributed by atoms with Crippen LogP contribution in [0.4, 0.5) is 17.6 Å². The second kappa shape index (κ2) is 10.9. The normalized spacial score (nSPS) is 21.9. The van der Waals surface area contributed by atoms with Crippen molar-refractivity contribution in [3.63, 3.8) is 0 Å². The van der Waals surface area contributed by atoms with Crippen LogP contribution in [0.2, 0.25) is 0 Å². The van der Waals surface area contributed by atoms with Gasteiger partial charge in [0, 0.05) is 38.0 Å². The molecule has 2 atom stereocenters. The largest absolute Gasteiger partial charge is 0.349 e. The Morgan fingerprint density at radius 2 is 1.81 bits per heavy atom. The van der Waals surface area contributed by atoms with E-state index < -0.39 is 29.8 Å². The fourth-order valence-corrected chi connectivity index (χ4v) is 6.13. The molecule has 3 heterocycles. The van der Waals surface area contributed by atoms with Crippen molar-refractivity contribution in [2.75, 3.05) is 0 Å². The molecule has 3 saturated carbocycles. The maximum atomic E-state index is 14.0. The summed E-state index contributed by atoms with van der Waals surface area (Å²) in [5.41, 5.74) is 2.21. The van der Waals surface area contributed by atoms with E-state index in [1.54, 1.807) is 18.5 Å². The molecule has 3 aromatic rings. The number of carbonyl (C=O) groups is 2.